The number of aromatic nitrogens is 4. The van der Waals surface area contributed by atoms with E-state index in [0.717, 1.165) is 17.3 Å². The number of nitrogens with zero attached hydrogens (tertiary/aromatic N) is 4. The summed E-state index contributed by atoms with van der Waals surface area (Å²) in [5.41, 5.74) is 3.44. The Labute approximate surface area is 166 Å². The van der Waals surface area contributed by atoms with Gasteiger partial charge in [0, 0.05) is 22.3 Å². The minimum atomic E-state index is -1.04. The second-order valence-electron chi connectivity index (χ2n) is 5.95. The standard InChI is InChI=1S/C19H16Cl2N4O2/c1-11-8-22-9-16(23-11)19-24-12(2)17(5-6-18(26)27)25(19)10-13-7-14(20)3-4-15(13)21/h3-9H,10H2,1-2H3,(H,26,27)/b6-5+. The molecule has 3 rings (SSSR count). The molecule has 0 aliphatic heterocycles. The van der Waals surface area contributed by atoms with Gasteiger partial charge in [-0.2, -0.15) is 0 Å². The van der Waals surface area contributed by atoms with E-state index in [4.69, 9.17) is 28.3 Å². The van der Waals surface area contributed by atoms with Crippen molar-refractivity contribution in [3.05, 3.63) is 69.4 Å². The first-order valence-corrected chi connectivity index (χ1v) is 8.82. The lowest BCUT2D eigenvalue weighted by Gasteiger charge is -2.12. The average molecular weight is 403 g/mol. The second kappa shape index (κ2) is 7.90. The van der Waals surface area contributed by atoms with E-state index in [9.17, 15) is 4.79 Å². The molecule has 1 aromatic carbocycles. The zero-order chi connectivity index (χ0) is 19.6. The molecule has 138 valence electrons. The van der Waals surface area contributed by atoms with Crippen molar-refractivity contribution >= 4 is 35.2 Å². The van der Waals surface area contributed by atoms with E-state index in [1.165, 1.54) is 6.08 Å². The van der Waals surface area contributed by atoms with Gasteiger partial charge in [0.15, 0.2) is 5.82 Å². The van der Waals surface area contributed by atoms with E-state index in [1.54, 1.807) is 30.6 Å². The number of carbonyl (C=O) groups is 1. The summed E-state index contributed by atoms with van der Waals surface area (Å²) < 4.78 is 1.86. The van der Waals surface area contributed by atoms with Gasteiger partial charge in [-0.15, -0.1) is 0 Å². The maximum atomic E-state index is 11.0. The maximum absolute atomic E-state index is 11.0. The Balaban J connectivity index is 2.18. The second-order valence-corrected chi connectivity index (χ2v) is 6.79. The third kappa shape index (κ3) is 4.35. The summed E-state index contributed by atoms with van der Waals surface area (Å²) in [6.45, 7) is 4.00. The van der Waals surface area contributed by atoms with Gasteiger partial charge in [0.25, 0.3) is 0 Å². The Bertz CT molecular complexity index is 1040. The van der Waals surface area contributed by atoms with Crippen molar-refractivity contribution in [3.63, 3.8) is 0 Å². The molecule has 0 saturated carbocycles. The zero-order valence-electron chi connectivity index (χ0n) is 14.6. The van der Waals surface area contributed by atoms with Crippen molar-refractivity contribution in [1.82, 2.24) is 19.5 Å². The third-order valence-corrected chi connectivity index (χ3v) is 4.50. The number of carboxylic acids is 1. The molecule has 27 heavy (non-hydrogen) atoms. The molecule has 0 atom stereocenters. The Morgan fingerprint density at radius 2 is 2.00 bits per heavy atom. The molecule has 0 saturated heterocycles. The zero-order valence-corrected chi connectivity index (χ0v) is 16.2. The van der Waals surface area contributed by atoms with Gasteiger partial charge in [0.05, 0.1) is 29.8 Å². The molecule has 3 aromatic rings. The molecule has 2 heterocycles. The predicted molar refractivity (Wildman–Crippen MR) is 105 cm³/mol. The van der Waals surface area contributed by atoms with Crippen molar-refractivity contribution in [2.75, 3.05) is 0 Å². The molecule has 6 nitrogen and oxygen atoms in total. The van der Waals surface area contributed by atoms with E-state index in [-0.39, 0.29) is 0 Å². The monoisotopic (exact) mass is 402 g/mol. The number of imidazole rings is 1. The molecule has 0 spiro atoms. The lowest BCUT2D eigenvalue weighted by Crippen LogP contribution is -2.06. The Kier molecular flexibility index (Phi) is 5.58. The van der Waals surface area contributed by atoms with Crippen LogP contribution in [0.5, 0.6) is 0 Å². The largest absolute Gasteiger partial charge is 0.478 e. The van der Waals surface area contributed by atoms with Crippen LogP contribution in [-0.2, 0) is 11.3 Å². The summed E-state index contributed by atoms with van der Waals surface area (Å²) >= 11 is 12.4. The van der Waals surface area contributed by atoms with Crippen LogP contribution in [-0.4, -0.2) is 30.6 Å². The molecule has 0 unspecified atom stereocenters. The van der Waals surface area contributed by atoms with Crippen LogP contribution < -0.4 is 0 Å². The Morgan fingerprint density at radius 1 is 1.22 bits per heavy atom. The highest BCUT2D eigenvalue weighted by Crippen LogP contribution is 2.27. The molecule has 2 aromatic heterocycles. The van der Waals surface area contributed by atoms with Gasteiger partial charge in [-0.25, -0.2) is 14.8 Å². The highest BCUT2D eigenvalue weighted by molar-refractivity contribution is 6.33. The minimum absolute atomic E-state index is 0.352. The van der Waals surface area contributed by atoms with Crippen molar-refractivity contribution in [2.24, 2.45) is 0 Å². The van der Waals surface area contributed by atoms with Crippen LogP contribution in [0.25, 0.3) is 17.6 Å². The van der Waals surface area contributed by atoms with Crippen molar-refractivity contribution in [1.29, 1.82) is 0 Å². The van der Waals surface area contributed by atoms with Crippen molar-refractivity contribution in [3.8, 4) is 11.5 Å². The van der Waals surface area contributed by atoms with Gasteiger partial charge in [-0.1, -0.05) is 23.2 Å². The van der Waals surface area contributed by atoms with E-state index < -0.39 is 5.97 Å². The van der Waals surface area contributed by atoms with Crippen LogP contribution in [0.3, 0.4) is 0 Å². The number of benzene rings is 1. The molecule has 0 amide bonds. The third-order valence-electron chi connectivity index (χ3n) is 3.89. The number of halogens is 2. The number of hydrogen-bond acceptors (Lipinski definition) is 4. The summed E-state index contributed by atoms with van der Waals surface area (Å²) in [5, 5.41) is 10.1. The van der Waals surface area contributed by atoms with Crippen LogP contribution >= 0.6 is 23.2 Å². The topological polar surface area (TPSA) is 80.9 Å². The van der Waals surface area contributed by atoms with E-state index >= 15 is 0 Å². The van der Waals surface area contributed by atoms with Gasteiger partial charge < -0.3 is 9.67 Å². The van der Waals surface area contributed by atoms with Gasteiger partial charge >= 0.3 is 5.97 Å². The first kappa shape index (κ1) is 19.1. The average Bonchev–Trinajstić information content (AvgIpc) is 2.92. The van der Waals surface area contributed by atoms with Crippen molar-refractivity contribution < 1.29 is 9.90 Å². The predicted octanol–water partition coefficient (Wildman–Crippen LogP) is 4.41. The number of aliphatic carboxylic acids is 1. The molecule has 8 heteroatoms. The summed E-state index contributed by atoms with van der Waals surface area (Å²) in [5.74, 6) is -0.468. The van der Waals surface area contributed by atoms with Gasteiger partial charge in [0.1, 0.15) is 5.69 Å². The fraction of sp³-hybridized carbons (Fsp3) is 0.158. The molecule has 1 N–H and O–H groups in total. The summed E-state index contributed by atoms with van der Waals surface area (Å²) in [4.78, 5) is 24.3. The molecule has 0 radical (unpaired) electrons. The van der Waals surface area contributed by atoms with Gasteiger partial charge in [0.2, 0.25) is 0 Å². The molecular weight excluding hydrogens is 387 g/mol. The Morgan fingerprint density at radius 3 is 2.70 bits per heavy atom. The SMILES string of the molecule is Cc1cncc(-c2nc(C)c(/C=C/C(=O)O)n2Cc2cc(Cl)ccc2Cl)n1. The molecule has 0 aliphatic carbocycles. The fourth-order valence-corrected chi connectivity index (χ4v) is 3.08. The first-order chi connectivity index (χ1) is 12.8. The highest BCUT2D eigenvalue weighted by atomic mass is 35.5. The maximum Gasteiger partial charge on any atom is 0.328 e. The van der Waals surface area contributed by atoms with Gasteiger partial charge in [-0.05, 0) is 43.7 Å². The highest BCUT2D eigenvalue weighted by Gasteiger charge is 2.17. The van der Waals surface area contributed by atoms with E-state index in [1.807, 2.05) is 18.4 Å². The van der Waals surface area contributed by atoms with Crippen LogP contribution in [0, 0.1) is 13.8 Å². The lowest BCUT2D eigenvalue weighted by molar-refractivity contribution is -0.131. The summed E-state index contributed by atoms with van der Waals surface area (Å²) in [7, 11) is 0. The molecule has 0 bridgehead atoms. The lowest BCUT2D eigenvalue weighted by atomic mass is 10.2. The number of hydrogen-bond donors (Lipinski definition) is 1. The molecular formula is C19H16Cl2N4O2. The fourth-order valence-electron chi connectivity index (χ4n) is 2.71. The summed E-state index contributed by atoms with van der Waals surface area (Å²) in [6.07, 6.45) is 5.86. The van der Waals surface area contributed by atoms with Crippen LogP contribution in [0.1, 0.15) is 22.6 Å². The van der Waals surface area contributed by atoms with Crippen molar-refractivity contribution in [2.45, 2.75) is 20.4 Å². The smallest absolute Gasteiger partial charge is 0.328 e. The molecule has 0 fully saturated rings. The van der Waals surface area contributed by atoms with Gasteiger partial charge in [-0.3, -0.25) is 4.98 Å². The van der Waals surface area contributed by atoms with E-state index in [0.29, 0.717) is 39.5 Å². The van der Waals surface area contributed by atoms with Crippen LogP contribution in [0.15, 0.2) is 36.7 Å². The Hall–Kier alpha value is -2.70. The number of carboxylic acid groups (broad SMARTS) is 1. The van der Waals surface area contributed by atoms with Crippen LogP contribution in [0.4, 0.5) is 0 Å². The number of aryl methyl sites for hydroxylation is 2. The number of rotatable bonds is 5. The minimum Gasteiger partial charge on any atom is -0.478 e. The summed E-state index contributed by atoms with van der Waals surface area (Å²) in [6, 6.07) is 5.21. The quantitative estimate of drug-likeness (QED) is 0.639. The van der Waals surface area contributed by atoms with Crippen LogP contribution in [0.2, 0.25) is 10.0 Å². The molecule has 0 aliphatic rings. The normalized spacial score (nSPS) is 11.3. The first-order valence-electron chi connectivity index (χ1n) is 8.06. The van der Waals surface area contributed by atoms with E-state index in [2.05, 4.69) is 15.0 Å².